The number of amides is 1. The third-order valence-electron chi connectivity index (χ3n) is 3.76. The molecule has 2 aromatic carbocycles. The van der Waals surface area contributed by atoms with Crippen molar-refractivity contribution in [3.63, 3.8) is 0 Å². The number of benzene rings is 2. The molecule has 1 heterocycles. The Labute approximate surface area is 165 Å². The molecule has 1 aromatic heterocycles. The molecule has 0 aliphatic heterocycles. The molecule has 0 saturated carbocycles. The molecule has 3 rings (SSSR count). The number of nitrogens with two attached hydrogens (primary N) is 1. The van der Waals surface area contributed by atoms with Crippen molar-refractivity contribution in [3.8, 4) is 17.1 Å². The Hall–Kier alpha value is -2.71. The molecule has 1 atom stereocenters. The molecular weight excluding hydrogens is 386 g/mol. The molecule has 0 radical (unpaired) electrons. The highest BCUT2D eigenvalue weighted by molar-refractivity contribution is 8.00. The molecule has 0 aliphatic rings. The van der Waals surface area contributed by atoms with E-state index >= 15 is 0 Å². The van der Waals surface area contributed by atoms with Gasteiger partial charge in [-0.2, -0.15) is 0 Å². The second-order valence-corrected chi connectivity index (χ2v) is 7.38. The molecule has 1 amide bonds. The van der Waals surface area contributed by atoms with Crippen LogP contribution in [-0.2, 0) is 4.79 Å². The van der Waals surface area contributed by atoms with Crippen molar-refractivity contribution in [1.82, 2.24) is 14.9 Å². The highest BCUT2D eigenvalue weighted by Gasteiger charge is 2.21. The van der Waals surface area contributed by atoms with Gasteiger partial charge in [0.05, 0.1) is 18.0 Å². The van der Waals surface area contributed by atoms with Crippen molar-refractivity contribution in [1.29, 1.82) is 0 Å². The first-order valence-corrected chi connectivity index (χ1v) is 9.32. The standard InChI is InChI=1S/C18H18ClN5O2S/c1-11(17(25)21-14-8-3-4-9-15(14)26-2)27-18-23-22-16(24(18)20)12-6-5-7-13(19)10-12/h3-11H,20H2,1-2H3,(H,21,25)/t11-/m1/s1. The Bertz CT molecular complexity index is 962. The summed E-state index contributed by atoms with van der Waals surface area (Å²) in [6.07, 6.45) is 0. The van der Waals surface area contributed by atoms with Crippen LogP contribution in [0.4, 0.5) is 5.69 Å². The van der Waals surface area contributed by atoms with Crippen molar-refractivity contribution in [2.45, 2.75) is 17.3 Å². The van der Waals surface area contributed by atoms with Crippen LogP contribution < -0.4 is 15.9 Å². The van der Waals surface area contributed by atoms with Crippen molar-refractivity contribution >= 4 is 35.0 Å². The van der Waals surface area contributed by atoms with E-state index < -0.39 is 5.25 Å². The van der Waals surface area contributed by atoms with E-state index in [4.69, 9.17) is 22.2 Å². The van der Waals surface area contributed by atoms with Gasteiger partial charge < -0.3 is 15.9 Å². The van der Waals surface area contributed by atoms with Crippen molar-refractivity contribution < 1.29 is 9.53 Å². The minimum absolute atomic E-state index is 0.197. The number of anilines is 1. The molecule has 140 valence electrons. The molecule has 0 saturated heterocycles. The van der Waals surface area contributed by atoms with E-state index in [0.29, 0.717) is 27.4 Å². The lowest BCUT2D eigenvalue weighted by atomic mass is 10.2. The highest BCUT2D eigenvalue weighted by atomic mass is 35.5. The SMILES string of the molecule is COc1ccccc1NC(=O)[C@@H](C)Sc1nnc(-c2cccc(Cl)c2)n1N. The van der Waals surface area contributed by atoms with Crippen LogP contribution in [-0.4, -0.2) is 33.1 Å². The van der Waals surface area contributed by atoms with Crippen LogP contribution >= 0.6 is 23.4 Å². The number of hydrogen-bond donors (Lipinski definition) is 2. The fraction of sp³-hybridized carbons (Fsp3) is 0.167. The first-order valence-electron chi connectivity index (χ1n) is 8.06. The average molecular weight is 404 g/mol. The van der Waals surface area contributed by atoms with E-state index in [1.165, 1.54) is 16.4 Å². The molecule has 0 unspecified atom stereocenters. The fourth-order valence-corrected chi connectivity index (χ4v) is 3.34. The highest BCUT2D eigenvalue weighted by Crippen LogP contribution is 2.28. The topological polar surface area (TPSA) is 95.1 Å². The van der Waals surface area contributed by atoms with E-state index in [-0.39, 0.29) is 5.91 Å². The average Bonchev–Trinajstić information content (AvgIpc) is 3.02. The summed E-state index contributed by atoms with van der Waals surface area (Å²) in [4.78, 5) is 12.5. The van der Waals surface area contributed by atoms with Crippen LogP contribution in [0.1, 0.15) is 6.92 Å². The van der Waals surface area contributed by atoms with Crippen molar-refractivity contribution in [3.05, 3.63) is 53.6 Å². The molecule has 0 fully saturated rings. The minimum Gasteiger partial charge on any atom is -0.495 e. The number of carbonyl (C=O) groups excluding carboxylic acids is 1. The first kappa shape index (κ1) is 19.1. The molecule has 0 bridgehead atoms. The van der Waals surface area contributed by atoms with E-state index in [1.54, 1.807) is 38.3 Å². The number of hydrogen-bond acceptors (Lipinski definition) is 6. The molecule has 3 aromatic rings. The normalized spacial score (nSPS) is 11.8. The van der Waals surface area contributed by atoms with Crippen molar-refractivity contribution in [2.75, 3.05) is 18.3 Å². The van der Waals surface area contributed by atoms with Crippen LogP contribution in [0.25, 0.3) is 11.4 Å². The minimum atomic E-state index is -0.450. The number of thioether (sulfide) groups is 1. The number of methoxy groups -OCH3 is 1. The van der Waals surface area contributed by atoms with Gasteiger partial charge >= 0.3 is 0 Å². The smallest absolute Gasteiger partial charge is 0.237 e. The molecular formula is C18H18ClN5O2S. The molecule has 27 heavy (non-hydrogen) atoms. The van der Waals surface area contributed by atoms with Gasteiger partial charge in [0.2, 0.25) is 11.1 Å². The number of nitrogens with one attached hydrogen (secondary N) is 1. The number of nitrogen functional groups attached to an aromatic ring is 1. The maximum Gasteiger partial charge on any atom is 0.237 e. The summed E-state index contributed by atoms with van der Waals surface area (Å²) in [5, 5.41) is 11.6. The molecule has 7 nitrogen and oxygen atoms in total. The Morgan fingerprint density at radius 3 is 2.78 bits per heavy atom. The number of carbonyl (C=O) groups is 1. The van der Waals surface area contributed by atoms with Crippen LogP contribution in [0.2, 0.25) is 5.02 Å². The lowest BCUT2D eigenvalue weighted by Crippen LogP contribution is -2.24. The summed E-state index contributed by atoms with van der Waals surface area (Å²) in [6, 6.07) is 14.4. The molecule has 0 spiro atoms. The van der Waals surface area contributed by atoms with Gasteiger partial charge in [-0.3, -0.25) is 4.79 Å². The first-order chi connectivity index (χ1) is 13.0. The number of ether oxygens (including phenoxy) is 1. The molecule has 9 heteroatoms. The Balaban J connectivity index is 1.72. The maximum absolute atomic E-state index is 12.5. The van der Waals surface area contributed by atoms with Crippen LogP contribution in [0, 0.1) is 0 Å². The molecule has 3 N–H and O–H groups in total. The predicted octanol–water partition coefficient (Wildman–Crippen LogP) is 3.44. The van der Waals surface area contributed by atoms with Gasteiger partial charge in [-0.15, -0.1) is 10.2 Å². The summed E-state index contributed by atoms with van der Waals surface area (Å²) >= 11 is 7.22. The Morgan fingerprint density at radius 2 is 2.04 bits per heavy atom. The van der Waals surface area contributed by atoms with Gasteiger partial charge in [0.25, 0.3) is 0 Å². The van der Waals surface area contributed by atoms with Crippen LogP contribution in [0.3, 0.4) is 0 Å². The second-order valence-electron chi connectivity index (χ2n) is 5.64. The van der Waals surface area contributed by atoms with Crippen molar-refractivity contribution in [2.24, 2.45) is 0 Å². The monoisotopic (exact) mass is 403 g/mol. The van der Waals surface area contributed by atoms with Gasteiger partial charge in [0, 0.05) is 10.6 Å². The van der Waals surface area contributed by atoms with E-state index in [0.717, 1.165) is 5.56 Å². The van der Waals surface area contributed by atoms with E-state index in [1.807, 2.05) is 24.3 Å². The quantitative estimate of drug-likeness (QED) is 0.483. The third kappa shape index (κ3) is 4.35. The van der Waals surface area contributed by atoms with Gasteiger partial charge in [-0.05, 0) is 31.2 Å². The zero-order valence-corrected chi connectivity index (χ0v) is 16.3. The Morgan fingerprint density at radius 1 is 1.26 bits per heavy atom. The largest absolute Gasteiger partial charge is 0.495 e. The summed E-state index contributed by atoms with van der Waals surface area (Å²) in [6.45, 7) is 1.77. The third-order valence-corrected chi connectivity index (χ3v) is 5.06. The maximum atomic E-state index is 12.5. The number of aromatic nitrogens is 3. The van der Waals surface area contributed by atoms with Gasteiger partial charge in [-0.1, -0.05) is 47.6 Å². The van der Waals surface area contributed by atoms with E-state index in [9.17, 15) is 4.79 Å². The predicted molar refractivity (Wildman–Crippen MR) is 108 cm³/mol. The van der Waals surface area contributed by atoms with Gasteiger partial charge in [0.1, 0.15) is 5.75 Å². The van der Waals surface area contributed by atoms with Gasteiger partial charge in [-0.25, -0.2) is 4.68 Å². The summed E-state index contributed by atoms with van der Waals surface area (Å²) < 4.78 is 6.60. The second kappa shape index (κ2) is 8.32. The number of halogens is 1. The van der Waals surface area contributed by atoms with E-state index in [2.05, 4.69) is 15.5 Å². The zero-order chi connectivity index (χ0) is 19.4. The molecule has 0 aliphatic carbocycles. The Kier molecular flexibility index (Phi) is 5.88. The summed E-state index contributed by atoms with van der Waals surface area (Å²) in [5.74, 6) is 6.97. The van der Waals surface area contributed by atoms with Gasteiger partial charge in [0.15, 0.2) is 5.82 Å². The lowest BCUT2D eigenvalue weighted by molar-refractivity contribution is -0.115. The fourth-order valence-electron chi connectivity index (χ4n) is 2.38. The number of nitrogens with zero attached hydrogens (tertiary/aromatic N) is 3. The number of rotatable bonds is 6. The summed E-state index contributed by atoms with van der Waals surface area (Å²) in [7, 11) is 1.55. The van der Waals surface area contributed by atoms with Crippen LogP contribution in [0.15, 0.2) is 53.7 Å². The summed E-state index contributed by atoms with van der Waals surface area (Å²) in [5.41, 5.74) is 1.35. The zero-order valence-electron chi connectivity index (χ0n) is 14.7. The number of para-hydroxylation sites is 2. The van der Waals surface area contributed by atoms with Crippen LogP contribution in [0.5, 0.6) is 5.75 Å². The lowest BCUT2D eigenvalue weighted by Gasteiger charge is -2.13.